The van der Waals surface area contributed by atoms with E-state index in [-0.39, 0.29) is 23.5 Å². The molecule has 1 atom stereocenters. The number of rotatable bonds is 10. The number of nitrogens with zero attached hydrogens (tertiary/aromatic N) is 2. The van der Waals surface area contributed by atoms with E-state index in [0.29, 0.717) is 13.2 Å². The average molecular weight is 467 g/mol. The number of esters is 1. The van der Waals surface area contributed by atoms with E-state index in [4.69, 9.17) is 9.47 Å². The van der Waals surface area contributed by atoms with Crippen molar-refractivity contribution in [2.75, 3.05) is 20.3 Å². The molecule has 0 saturated carbocycles. The highest BCUT2D eigenvalue weighted by Crippen LogP contribution is 2.27. The number of likely N-dealkylation sites (N-methyl/N-ethyl adjacent to an activating group) is 1. The Balaban J connectivity index is 1.63. The number of benzene rings is 2. The highest BCUT2D eigenvalue weighted by atomic mass is 16.5. The molecule has 0 bridgehead atoms. The Morgan fingerprint density at radius 2 is 1.56 bits per heavy atom. The number of carbonyl (C=O) groups is 4. The van der Waals surface area contributed by atoms with Crippen LogP contribution in [0.15, 0.2) is 48.5 Å². The molecular weight excluding hydrogens is 436 g/mol. The van der Waals surface area contributed by atoms with Crippen LogP contribution < -0.4 is 4.74 Å². The second-order valence-electron chi connectivity index (χ2n) is 8.61. The monoisotopic (exact) mass is 466 g/mol. The second-order valence-corrected chi connectivity index (χ2v) is 8.61. The average Bonchev–Trinajstić information content (AvgIpc) is 3.07. The van der Waals surface area contributed by atoms with Crippen LogP contribution in [0.25, 0.3) is 0 Å². The van der Waals surface area contributed by atoms with Crippen molar-refractivity contribution in [2.45, 2.75) is 39.8 Å². The van der Waals surface area contributed by atoms with Gasteiger partial charge < -0.3 is 14.4 Å². The lowest BCUT2D eigenvalue weighted by atomic mass is 10.0. The molecule has 0 saturated heterocycles. The highest BCUT2D eigenvalue weighted by molar-refractivity contribution is 6.22. The maximum Gasteiger partial charge on any atom is 0.329 e. The Bertz CT molecular complexity index is 1030. The van der Waals surface area contributed by atoms with Crippen LogP contribution in [-0.4, -0.2) is 59.8 Å². The van der Waals surface area contributed by atoms with E-state index in [1.165, 1.54) is 4.90 Å². The van der Waals surface area contributed by atoms with Gasteiger partial charge in [0.25, 0.3) is 17.7 Å². The topological polar surface area (TPSA) is 93.2 Å². The normalized spacial score (nSPS) is 13.6. The van der Waals surface area contributed by atoms with Gasteiger partial charge in [0.15, 0.2) is 6.61 Å². The van der Waals surface area contributed by atoms with Crippen molar-refractivity contribution in [3.8, 4) is 5.75 Å². The summed E-state index contributed by atoms with van der Waals surface area (Å²) in [6.45, 7) is 6.09. The van der Waals surface area contributed by atoms with Crippen molar-refractivity contribution in [3.05, 3.63) is 65.2 Å². The number of hydrogen-bond acceptors (Lipinski definition) is 6. The lowest BCUT2D eigenvalue weighted by Crippen LogP contribution is -2.47. The molecule has 1 heterocycles. The Hall–Kier alpha value is -3.68. The molecule has 1 aliphatic rings. The van der Waals surface area contributed by atoms with Gasteiger partial charge in [-0.2, -0.15) is 0 Å². The fourth-order valence-electron chi connectivity index (χ4n) is 3.80. The van der Waals surface area contributed by atoms with Gasteiger partial charge in [0.2, 0.25) is 0 Å². The third kappa shape index (κ3) is 5.62. The molecule has 0 fully saturated rings. The fourth-order valence-corrected chi connectivity index (χ4v) is 3.80. The van der Waals surface area contributed by atoms with Crippen molar-refractivity contribution < 1.29 is 28.7 Å². The summed E-state index contributed by atoms with van der Waals surface area (Å²) in [4.78, 5) is 53.6. The molecule has 0 aliphatic carbocycles. The summed E-state index contributed by atoms with van der Waals surface area (Å²) in [6.07, 6.45) is 0.237. The summed E-state index contributed by atoms with van der Waals surface area (Å²) < 4.78 is 10.7. The van der Waals surface area contributed by atoms with Crippen LogP contribution >= 0.6 is 0 Å². The molecule has 1 unspecified atom stereocenters. The van der Waals surface area contributed by atoms with Gasteiger partial charge in [-0.1, -0.05) is 38.1 Å². The minimum Gasteiger partial charge on any atom is -0.494 e. The summed E-state index contributed by atoms with van der Waals surface area (Å²) in [5.74, 6) is -1.46. The maximum absolute atomic E-state index is 12.9. The quantitative estimate of drug-likeness (QED) is 0.394. The zero-order valence-electron chi connectivity index (χ0n) is 19.9. The first kappa shape index (κ1) is 25.0. The Morgan fingerprint density at radius 3 is 2.09 bits per heavy atom. The number of hydrogen-bond donors (Lipinski definition) is 0. The third-order valence-electron chi connectivity index (χ3n) is 5.52. The van der Waals surface area contributed by atoms with Gasteiger partial charge in [0.05, 0.1) is 17.7 Å². The molecule has 3 rings (SSSR count). The van der Waals surface area contributed by atoms with Crippen molar-refractivity contribution >= 4 is 23.7 Å². The molecule has 0 N–H and O–H groups in total. The van der Waals surface area contributed by atoms with E-state index in [9.17, 15) is 19.2 Å². The summed E-state index contributed by atoms with van der Waals surface area (Å²) in [5.41, 5.74) is 1.43. The van der Waals surface area contributed by atoms with Gasteiger partial charge in [0.1, 0.15) is 11.8 Å². The van der Waals surface area contributed by atoms with Gasteiger partial charge in [-0.3, -0.25) is 19.3 Å². The van der Waals surface area contributed by atoms with Gasteiger partial charge in [-0.25, -0.2) is 4.79 Å². The van der Waals surface area contributed by atoms with Crippen LogP contribution in [0.5, 0.6) is 5.75 Å². The molecule has 1 aliphatic heterocycles. The van der Waals surface area contributed by atoms with E-state index in [0.717, 1.165) is 16.2 Å². The molecule has 0 aromatic heterocycles. The third-order valence-corrected chi connectivity index (χ3v) is 5.52. The van der Waals surface area contributed by atoms with Gasteiger partial charge in [0, 0.05) is 13.6 Å². The lowest BCUT2D eigenvalue weighted by molar-refractivity contribution is -0.155. The molecule has 34 heavy (non-hydrogen) atoms. The molecule has 8 heteroatoms. The molecule has 8 nitrogen and oxygen atoms in total. The van der Waals surface area contributed by atoms with Crippen molar-refractivity contribution in [1.29, 1.82) is 0 Å². The molecule has 0 spiro atoms. The summed E-state index contributed by atoms with van der Waals surface area (Å²) in [5, 5.41) is 0. The van der Waals surface area contributed by atoms with Crippen molar-refractivity contribution in [3.63, 3.8) is 0 Å². The Kier molecular flexibility index (Phi) is 8.04. The van der Waals surface area contributed by atoms with E-state index in [2.05, 4.69) is 0 Å². The van der Waals surface area contributed by atoms with E-state index in [1.54, 1.807) is 31.3 Å². The largest absolute Gasteiger partial charge is 0.494 e. The standard InChI is InChI=1S/C26H30N2O6/c1-5-33-19-12-10-18(11-13-19)15-27(4)23(29)16-34-26(32)22(14-17(2)3)28-24(30)20-8-6-7-9-21(20)25(28)31/h6-13,17,22H,5,14-16H2,1-4H3. The first-order chi connectivity index (χ1) is 16.2. The lowest BCUT2D eigenvalue weighted by Gasteiger charge is -2.26. The number of amides is 3. The van der Waals surface area contributed by atoms with Crippen LogP contribution in [0.4, 0.5) is 0 Å². The van der Waals surface area contributed by atoms with Gasteiger partial charge in [-0.15, -0.1) is 0 Å². The number of ether oxygens (including phenoxy) is 2. The maximum atomic E-state index is 12.9. The molecule has 0 radical (unpaired) electrons. The zero-order valence-corrected chi connectivity index (χ0v) is 19.9. The SMILES string of the molecule is CCOc1ccc(CN(C)C(=O)COC(=O)C(CC(C)C)N2C(=O)c3ccccc3C2=O)cc1. The van der Waals surface area contributed by atoms with Gasteiger partial charge in [-0.05, 0) is 49.1 Å². The number of carbonyl (C=O) groups excluding carboxylic acids is 4. The molecule has 3 amide bonds. The fraction of sp³-hybridized carbons (Fsp3) is 0.385. The van der Waals surface area contributed by atoms with Crippen molar-refractivity contribution in [1.82, 2.24) is 9.80 Å². The van der Waals surface area contributed by atoms with E-state index < -0.39 is 36.3 Å². The summed E-state index contributed by atoms with van der Waals surface area (Å²) in [6, 6.07) is 12.7. The predicted molar refractivity (Wildman–Crippen MR) is 125 cm³/mol. The molecule has 2 aromatic rings. The molecular formula is C26H30N2O6. The van der Waals surface area contributed by atoms with Crippen LogP contribution in [-0.2, 0) is 20.9 Å². The Labute approximate surface area is 199 Å². The van der Waals surface area contributed by atoms with Crippen LogP contribution in [0.1, 0.15) is 53.5 Å². The second kappa shape index (κ2) is 11.0. The number of fused-ring (bicyclic) bond motifs is 1. The van der Waals surface area contributed by atoms with E-state index >= 15 is 0 Å². The first-order valence-electron chi connectivity index (χ1n) is 11.3. The number of imide groups is 1. The molecule has 180 valence electrons. The van der Waals surface area contributed by atoms with Crippen molar-refractivity contribution in [2.24, 2.45) is 5.92 Å². The highest BCUT2D eigenvalue weighted by Gasteiger charge is 2.43. The molecule has 2 aromatic carbocycles. The van der Waals surface area contributed by atoms with Crippen LogP contribution in [0.2, 0.25) is 0 Å². The van der Waals surface area contributed by atoms with Gasteiger partial charge >= 0.3 is 5.97 Å². The Morgan fingerprint density at radius 1 is 0.971 bits per heavy atom. The summed E-state index contributed by atoms with van der Waals surface area (Å²) >= 11 is 0. The minimum atomic E-state index is -1.10. The van der Waals surface area contributed by atoms with Crippen LogP contribution in [0.3, 0.4) is 0 Å². The first-order valence-corrected chi connectivity index (χ1v) is 11.3. The van der Waals surface area contributed by atoms with E-state index in [1.807, 2.05) is 45.0 Å². The zero-order chi connectivity index (χ0) is 24.8. The minimum absolute atomic E-state index is 0.0138. The van der Waals surface area contributed by atoms with Crippen LogP contribution in [0, 0.1) is 5.92 Å². The predicted octanol–water partition coefficient (Wildman–Crippen LogP) is 3.30. The smallest absolute Gasteiger partial charge is 0.329 e. The summed E-state index contributed by atoms with van der Waals surface area (Å²) in [7, 11) is 1.61.